The number of thiophene rings is 1. The maximum atomic E-state index is 13.8. The molecule has 0 saturated carbocycles. The van der Waals surface area contributed by atoms with E-state index in [1.165, 1.54) is 39.9 Å². The first-order valence-electron chi connectivity index (χ1n) is 11.6. The number of carbonyl (C=O) groups is 1. The summed E-state index contributed by atoms with van der Waals surface area (Å²) in [5, 5.41) is 2.55. The predicted octanol–water partition coefficient (Wildman–Crippen LogP) is 3.93. The molecule has 0 atom stereocenters. The summed E-state index contributed by atoms with van der Waals surface area (Å²) >= 11 is 1.41. The van der Waals surface area contributed by atoms with E-state index in [0.29, 0.717) is 35.6 Å². The average molecular weight is 541 g/mol. The average Bonchev–Trinajstić information content (AvgIpc) is 3.41. The Balaban J connectivity index is 1.54. The summed E-state index contributed by atoms with van der Waals surface area (Å²) in [5.74, 6) is 0.506. The molecule has 4 aromatic rings. The molecule has 11 heteroatoms. The molecule has 3 heterocycles. The Morgan fingerprint density at radius 1 is 1.05 bits per heavy atom. The molecule has 37 heavy (non-hydrogen) atoms. The zero-order valence-corrected chi connectivity index (χ0v) is 21.6. The Bertz CT molecular complexity index is 1610. The second kappa shape index (κ2) is 10.4. The van der Waals surface area contributed by atoms with Crippen LogP contribution in [0, 0.1) is 0 Å². The number of ether oxygens (including phenoxy) is 3. The molecule has 0 radical (unpaired) electrons. The first-order valence-corrected chi connectivity index (χ1v) is 13.9. The van der Waals surface area contributed by atoms with Crippen LogP contribution in [-0.4, -0.2) is 43.5 Å². The molecular formula is C26H24N2O7S2. The van der Waals surface area contributed by atoms with E-state index < -0.39 is 21.6 Å². The van der Waals surface area contributed by atoms with Gasteiger partial charge in [0.1, 0.15) is 13.2 Å². The lowest BCUT2D eigenvalue weighted by atomic mass is 10.1. The number of aromatic nitrogens is 1. The number of hydrogen-bond donors (Lipinski definition) is 1. The van der Waals surface area contributed by atoms with Gasteiger partial charge in [-0.1, -0.05) is 12.1 Å². The van der Waals surface area contributed by atoms with Gasteiger partial charge in [0.25, 0.3) is 5.56 Å². The highest BCUT2D eigenvalue weighted by Gasteiger charge is 2.27. The van der Waals surface area contributed by atoms with Gasteiger partial charge in [-0.2, -0.15) is 4.31 Å². The lowest BCUT2D eigenvalue weighted by Crippen LogP contribution is -2.32. The Morgan fingerprint density at radius 3 is 2.57 bits per heavy atom. The molecule has 192 valence electrons. The Morgan fingerprint density at radius 2 is 1.84 bits per heavy atom. The molecule has 0 saturated heterocycles. The third kappa shape index (κ3) is 5.24. The van der Waals surface area contributed by atoms with Crippen LogP contribution in [0.4, 0.5) is 0 Å². The number of fused-ring (bicyclic) bond motifs is 2. The molecule has 9 nitrogen and oxygen atoms in total. The largest absolute Gasteiger partial charge is 0.486 e. The Hall–Kier alpha value is -3.67. The lowest BCUT2D eigenvalue weighted by Gasteiger charge is -2.22. The number of sulfonamides is 1. The number of benzene rings is 2. The molecule has 1 aliphatic heterocycles. The minimum Gasteiger partial charge on any atom is -0.486 e. The van der Waals surface area contributed by atoms with Crippen molar-refractivity contribution >= 4 is 38.2 Å². The highest BCUT2D eigenvalue weighted by molar-refractivity contribution is 7.89. The van der Waals surface area contributed by atoms with Crippen molar-refractivity contribution in [2.45, 2.75) is 24.9 Å². The van der Waals surface area contributed by atoms with E-state index in [2.05, 4.69) is 4.98 Å². The number of hydrogen-bond acceptors (Lipinski definition) is 8. The molecule has 2 aromatic carbocycles. The monoisotopic (exact) mass is 540 g/mol. The molecular weight excluding hydrogens is 516 g/mol. The number of pyridine rings is 1. The first-order chi connectivity index (χ1) is 17.8. The minimum absolute atomic E-state index is 0.0578. The second-order valence-electron chi connectivity index (χ2n) is 8.31. The summed E-state index contributed by atoms with van der Waals surface area (Å²) in [6.45, 7) is 2.58. The summed E-state index contributed by atoms with van der Waals surface area (Å²) in [4.78, 5) is 28.8. The lowest BCUT2D eigenvalue weighted by molar-refractivity contribution is 0.0526. The van der Waals surface area contributed by atoms with Gasteiger partial charge in [-0.05, 0) is 48.7 Å². The van der Waals surface area contributed by atoms with Crippen LogP contribution in [0.15, 0.2) is 69.7 Å². The van der Waals surface area contributed by atoms with Gasteiger partial charge >= 0.3 is 5.97 Å². The van der Waals surface area contributed by atoms with E-state index >= 15 is 0 Å². The van der Waals surface area contributed by atoms with Gasteiger partial charge in [0.2, 0.25) is 10.0 Å². The number of rotatable bonds is 8. The summed E-state index contributed by atoms with van der Waals surface area (Å²) in [6.07, 6.45) is 0. The number of nitrogens with one attached hydrogen (secondary N) is 1. The van der Waals surface area contributed by atoms with Crippen LogP contribution in [0.1, 0.15) is 27.7 Å². The zero-order valence-electron chi connectivity index (χ0n) is 19.9. The molecule has 0 amide bonds. The van der Waals surface area contributed by atoms with E-state index in [0.717, 1.165) is 4.88 Å². The maximum absolute atomic E-state index is 13.8. The van der Waals surface area contributed by atoms with Crippen LogP contribution in [0.25, 0.3) is 10.9 Å². The fourth-order valence-corrected chi connectivity index (χ4v) is 6.29. The van der Waals surface area contributed by atoms with E-state index in [9.17, 15) is 18.0 Å². The van der Waals surface area contributed by atoms with Crippen molar-refractivity contribution in [1.29, 1.82) is 0 Å². The molecule has 2 aromatic heterocycles. The standard InChI is InChI=1S/C26H24N2O7S2/c1-2-33-26(30)17-5-3-7-21(12-17)37(31,32)28(16-20-6-4-10-36-20)15-19-11-18-13-23-24(35-9-8-34-23)14-22(18)27-25(19)29/h3-7,10-14H,2,8-9,15-16H2,1H3,(H,27,29). The molecule has 5 rings (SSSR count). The van der Waals surface area contributed by atoms with Crippen molar-refractivity contribution in [3.8, 4) is 11.5 Å². The Labute approximate surface area is 217 Å². The zero-order chi connectivity index (χ0) is 26.0. The second-order valence-corrected chi connectivity index (χ2v) is 11.3. The van der Waals surface area contributed by atoms with Crippen molar-refractivity contribution in [3.05, 3.63) is 86.3 Å². The van der Waals surface area contributed by atoms with Gasteiger partial charge in [-0.15, -0.1) is 11.3 Å². The summed E-state index contributed by atoms with van der Waals surface area (Å²) in [6, 6.07) is 14.5. The van der Waals surface area contributed by atoms with Gasteiger partial charge in [0.05, 0.1) is 22.6 Å². The third-order valence-corrected chi connectivity index (χ3v) is 8.47. The predicted molar refractivity (Wildman–Crippen MR) is 139 cm³/mol. The molecule has 0 bridgehead atoms. The summed E-state index contributed by atoms with van der Waals surface area (Å²) in [7, 11) is -4.10. The van der Waals surface area contributed by atoms with Gasteiger partial charge in [-0.25, -0.2) is 13.2 Å². The van der Waals surface area contributed by atoms with Crippen LogP contribution in [0.3, 0.4) is 0 Å². The van der Waals surface area contributed by atoms with Gasteiger partial charge < -0.3 is 19.2 Å². The number of esters is 1. The van der Waals surface area contributed by atoms with E-state index in [-0.39, 0.29) is 35.7 Å². The highest BCUT2D eigenvalue weighted by Crippen LogP contribution is 2.34. The fourth-order valence-electron chi connectivity index (χ4n) is 4.04. The molecule has 1 N–H and O–H groups in total. The SMILES string of the molecule is CCOC(=O)c1cccc(S(=O)(=O)N(Cc2cccs2)Cc2cc3cc4c(cc3[nH]c2=O)OCCO4)c1. The smallest absolute Gasteiger partial charge is 0.338 e. The summed E-state index contributed by atoms with van der Waals surface area (Å²) < 4.78 is 45.1. The number of aromatic amines is 1. The third-order valence-electron chi connectivity index (χ3n) is 5.83. The van der Waals surface area contributed by atoms with Gasteiger partial charge in [-0.3, -0.25) is 4.79 Å². The van der Waals surface area contributed by atoms with Gasteiger partial charge in [0.15, 0.2) is 11.5 Å². The van der Waals surface area contributed by atoms with Crippen molar-refractivity contribution < 1.29 is 27.4 Å². The molecule has 0 unspecified atom stereocenters. The van der Waals surface area contributed by atoms with Crippen molar-refractivity contribution in [3.63, 3.8) is 0 Å². The van der Waals surface area contributed by atoms with Crippen LogP contribution in [-0.2, 0) is 27.8 Å². The van der Waals surface area contributed by atoms with Crippen molar-refractivity contribution in [2.24, 2.45) is 0 Å². The molecule has 0 spiro atoms. The molecule has 1 aliphatic rings. The van der Waals surface area contributed by atoms with Crippen LogP contribution >= 0.6 is 11.3 Å². The van der Waals surface area contributed by atoms with Gasteiger partial charge in [0, 0.05) is 35.0 Å². The Kier molecular flexibility index (Phi) is 7.00. The van der Waals surface area contributed by atoms with E-state index in [1.54, 1.807) is 25.1 Å². The highest BCUT2D eigenvalue weighted by atomic mass is 32.2. The number of nitrogens with zero attached hydrogens (tertiary/aromatic N) is 1. The summed E-state index contributed by atoms with van der Waals surface area (Å²) in [5.41, 5.74) is 0.559. The minimum atomic E-state index is -4.10. The molecule has 0 aliphatic carbocycles. The normalized spacial score (nSPS) is 13.1. The number of H-pyrrole nitrogens is 1. The van der Waals surface area contributed by atoms with Crippen LogP contribution in [0.5, 0.6) is 11.5 Å². The van der Waals surface area contributed by atoms with Crippen LogP contribution in [0.2, 0.25) is 0 Å². The van der Waals surface area contributed by atoms with Crippen molar-refractivity contribution in [1.82, 2.24) is 9.29 Å². The first kappa shape index (κ1) is 25.0. The quantitative estimate of drug-likeness (QED) is 0.337. The topological polar surface area (TPSA) is 115 Å². The maximum Gasteiger partial charge on any atom is 0.338 e. The fraction of sp³-hybridized carbons (Fsp3) is 0.231. The van der Waals surface area contributed by atoms with Crippen LogP contribution < -0.4 is 15.0 Å². The molecule has 0 fully saturated rings. The van der Waals surface area contributed by atoms with E-state index in [4.69, 9.17) is 14.2 Å². The number of carbonyl (C=O) groups excluding carboxylic acids is 1. The van der Waals surface area contributed by atoms with E-state index in [1.807, 2.05) is 17.5 Å². The van der Waals surface area contributed by atoms with Crippen molar-refractivity contribution in [2.75, 3.05) is 19.8 Å².